The molecule has 1 aromatic carbocycles. The lowest BCUT2D eigenvalue weighted by Crippen LogP contribution is -2.03. The van der Waals surface area contributed by atoms with E-state index in [2.05, 4.69) is 4.98 Å². The van der Waals surface area contributed by atoms with Gasteiger partial charge in [0, 0.05) is 19.4 Å². The number of para-hydroxylation sites is 1. The van der Waals surface area contributed by atoms with Gasteiger partial charge in [0.15, 0.2) is 0 Å². The van der Waals surface area contributed by atoms with Crippen LogP contribution in [0.1, 0.15) is 24.2 Å². The quantitative estimate of drug-likeness (QED) is 0.740. The van der Waals surface area contributed by atoms with E-state index in [0.29, 0.717) is 5.52 Å². The molecule has 0 unspecified atom stereocenters. The number of aromatic nitrogens is 2. The minimum atomic E-state index is -0.340. The van der Waals surface area contributed by atoms with Crippen molar-refractivity contribution < 1.29 is 14.3 Å². The second-order valence-corrected chi connectivity index (χ2v) is 3.70. The van der Waals surface area contributed by atoms with Gasteiger partial charge in [0.1, 0.15) is 12.9 Å². The van der Waals surface area contributed by atoms with E-state index in [1.165, 1.54) is 24.7 Å². The van der Waals surface area contributed by atoms with Crippen LogP contribution >= 0.6 is 0 Å². The van der Waals surface area contributed by atoms with E-state index in [4.69, 9.17) is 4.74 Å². The second kappa shape index (κ2) is 4.37. The summed E-state index contributed by atoms with van der Waals surface area (Å²) in [4.78, 5) is 26.3. The normalized spacial score (nSPS) is 10.5. The van der Waals surface area contributed by atoms with Crippen LogP contribution in [0.4, 0.5) is 0 Å². The molecule has 0 radical (unpaired) electrons. The number of ether oxygens (including phenoxy) is 1. The lowest BCUT2D eigenvalue weighted by Gasteiger charge is -2.03. The fraction of sp³-hybridized carbons (Fsp3) is 0.250. The van der Waals surface area contributed by atoms with Crippen LogP contribution in [0.25, 0.3) is 11.0 Å². The van der Waals surface area contributed by atoms with Crippen LogP contribution in [-0.4, -0.2) is 21.4 Å². The van der Waals surface area contributed by atoms with Crippen molar-refractivity contribution in [2.45, 2.75) is 20.5 Å². The standard InChI is InChI=1S/C12H12N2O3/c1-8(15)14-7-13-12-10(6-17-9(2)16)4-3-5-11(12)14/h3-5,7H,6H2,1-2H3. The summed E-state index contributed by atoms with van der Waals surface area (Å²) in [5.74, 6) is -0.440. The molecule has 88 valence electrons. The van der Waals surface area contributed by atoms with E-state index >= 15 is 0 Å². The van der Waals surface area contributed by atoms with Crippen LogP contribution in [0.2, 0.25) is 0 Å². The maximum Gasteiger partial charge on any atom is 0.302 e. The first kappa shape index (κ1) is 11.3. The molecule has 2 aromatic rings. The molecule has 1 heterocycles. The third kappa shape index (κ3) is 2.18. The van der Waals surface area contributed by atoms with Crippen molar-refractivity contribution in [1.82, 2.24) is 9.55 Å². The molecule has 0 aliphatic carbocycles. The third-order valence-corrected chi connectivity index (χ3v) is 2.43. The molecule has 17 heavy (non-hydrogen) atoms. The maximum atomic E-state index is 11.3. The highest BCUT2D eigenvalue weighted by molar-refractivity contribution is 5.90. The molecule has 2 rings (SSSR count). The lowest BCUT2D eigenvalue weighted by atomic mass is 10.2. The van der Waals surface area contributed by atoms with Gasteiger partial charge in [-0.2, -0.15) is 0 Å². The van der Waals surface area contributed by atoms with Crippen LogP contribution < -0.4 is 0 Å². The first-order valence-electron chi connectivity index (χ1n) is 5.19. The van der Waals surface area contributed by atoms with Gasteiger partial charge >= 0.3 is 5.97 Å². The number of carbonyl (C=O) groups excluding carboxylic acids is 2. The smallest absolute Gasteiger partial charge is 0.302 e. The van der Waals surface area contributed by atoms with Gasteiger partial charge in [-0.05, 0) is 6.07 Å². The molecule has 0 aliphatic heterocycles. The van der Waals surface area contributed by atoms with Crippen molar-refractivity contribution in [3.05, 3.63) is 30.1 Å². The number of fused-ring (bicyclic) bond motifs is 1. The number of rotatable bonds is 2. The summed E-state index contributed by atoms with van der Waals surface area (Å²) in [7, 11) is 0. The van der Waals surface area contributed by atoms with Crippen molar-refractivity contribution in [3.8, 4) is 0 Å². The fourth-order valence-corrected chi connectivity index (χ4v) is 1.65. The second-order valence-electron chi connectivity index (χ2n) is 3.70. The van der Waals surface area contributed by atoms with E-state index in [9.17, 15) is 9.59 Å². The summed E-state index contributed by atoms with van der Waals surface area (Å²) in [6.45, 7) is 3.00. The summed E-state index contributed by atoms with van der Waals surface area (Å²) in [5.41, 5.74) is 2.20. The molecule has 1 aromatic heterocycles. The zero-order valence-electron chi connectivity index (χ0n) is 9.64. The molecule has 5 nitrogen and oxygen atoms in total. The molecule has 0 N–H and O–H groups in total. The molecule has 0 bridgehead atoms. The Balaban J connectivity index is 2.44. The molecule has 0 amide bonds. The summed E-state index contributed by atoms with van der Waals surface area (Å²) >= 11 is 0. The molecule has 0 atom stereocenters. The van der Waals surface area contributed by atoms with Crippen LogP contribution in [0.15, 0.2) is 24.5 Å². The number of benzene rings is 1. The highest BCUT2D eigenvalue weighted by Crippen LogP contribution is 2.18. The molecule has 5 heteroatoms. The SMILES string of the molecule is CC(=O)OCc1cccc2c1ncn2C(C)=O. The molecule has 0 aliphatic rings. The lowest BCUT2D eigenvalue weighted by molar-refractivity contribution is -0.142. The van der Waals surface area contributed by atoms with Gasteiger partial charge in [-0.25, -0.2) is 4.98 Å². The molecule has 0 fully saturated rings. The van der Waals surface area contributed by atoms with Crippen LogP contribution in [0, 0.1) is 0 Å². The predicted octanol–water partition coefficient (Wildman–Crippen LogP) is 1.76. The average molecular weight is 232 g/mol. The molecule has 0 saturated heterocycles. The molecule has 0 saturated carbocycles. The van der Waals surface area contributed by atoms with Gasteiger partial charge in [0.2, 0.25) is 5.91 Å². The van der Waals surface area contributed by atoms with Crippen molar-refractivity contribution in [2.75, 3.05) is 0 Å². The Labute approximate surface area is 98.0 Å². The van der Waals surface area contributed by atoms with Crippen molar-refractivity contribution in [1.29, 1.82) is 0 Å². The number of esters is 1. The predicted molar refractivity (Wildman–Crippen MR) is 61.5 cm³/mol. The van der Waals surface area contributed by atoms with E-state index < -0.39 is 0 Å². The van der Waals surface area contributed by atoms with Gasteiger partial charge in [0.25, 0.3) is 0 Å². The van der Waals surface area contributed by atoms with E-state index in [1.807, 2.05) is 12.1 Å². The Morgan fingerprint density at radius 2 is 2.12 bits per heavy atom. The Hall–Kier alpha value is -2.17. The largest absolute Gasteiger partial charge is 0.461 e. The maximum absolute atomic E-state index is 11.3. The van der Waals surface area contributed by atoms with Crippen molar-refractivity contribution >= 4 is 22.9 Å². The number of nitrogens with zero attached hydrogens (tertiary/aromatic N) is 2. The Bertz CT molecular complexity index is 586. The summed E-state index contributed by atoms with van der Waals surface area (Å²) in [6, 6.07) is 5.44. The number of carbonyl (C=O) groups is 2. The Kier molecular flexibility index (Phi) is 2.91. The Morgan fingerprint density at radius 3 is 2.76 bits per heavy atom. The van der Waals surface area contributed by atoms with Crippen molar-refractivity contribution in [2.24, 2.45) is 0 Å². The van der Waals surface area contributed by atoms with Crippen LogP contribution in [0.3, 0.4) is 0 Å². The van der Waals surface area contributed by atoms with Gasteiger partial charge < -0.3 is 4.74 Å². The monoisotopic (exact) mass is 232 g/mol. The molecular formula is C12H12N2O3. The van der Waals surface area contributed by atoms with Gasteiger partial charge in [-0.15, -0.1) is 0 Å². The number of imidazole rings is 1. The van der Waals surface area contributed by atoms with Gasteiger partial charge in [-0.1, -0.05) is 12.1 Å². The minimum Gasteiger partial charge on any atom is -0.461 e. The van der Waals surface area contributed by atoms with E-state index in [1.54, 1.807) is 6.07 Å². The highest BCUT2D eigenvalue weighted by atomic mass is 16.5. The zero-order valence-corrected chi connectivity index (χ0v) is 9.64. The first-order valence-corrected chi connectivity index (χ1v) is 5.19. The minimum absolute atomic E-state index is 0.0999. The molecule has 0 spiro atoms. The summed E-state index contributed by atoms with van der Waals surface area (Å²) < 4.78 is 6.40. The highest BCUT2D eigenvalue weighted by Gasteiger charge is 2.10. The molecular weight excluding hydrogens is 220 g/mol. The topological polar surface area (TPSA) is 61.2 Å². The van der Waals surface area contributed by atoms with Crippen LogP contribution in [0.5, 0.6) is 0 Å². The zero-order chi connectivity index (χ0) is 12.4. The average Bonchev–Trinajstić information content (AvgIpc) is 2.70. The Morgan fingerprint density at radius 1 is 1.35 bits per heavy atom. The van der Waals surface area contributed by atoms with Gasteiger partial charge in [0.05, 0.1) is 11.0 Å². The third-order valence-electron chi connectivity index (χ3n) is 2.43. The summed E-state index contributed by atoms with van der Waals surface area (Å²) in [5, 5.41) is 0. The van der Waals surface area contributed by atoms with E-state index in [-0.39, 0.29) is 18.5 Å². The van der Waals surface area contributed by atoms with Gasteiger partial charge in [-0.3, -0.25) is 14.2 Å². The van der Waals surface area contributed by atoms with Crippen LogP contribution in [-0.2, 0) is 16.1 Å². The van der Waals surface area contributed by atoms with E-state index in [0.717, 1.165) is 11.1 Å². The first-order chi connectivity index (χ1) is 8.09. The fourth-order valence-electron chi connectivity index (χ4n) is 1.65. The van der Waals surface area contributed by atoms with Crippen molar-refractivity contribution in [3.63, 3.8) is 0 Å². The summed E-state index contributed by atoms with van der Waals surface area (Å²) in [6.07, 6.45) is 1.48. The number of hydrogen-bond donors (Lipinski definition) is 0. The number of hydrogen-bond acceptors (Lipinski definition) is 4.